The molecule has 1 aromatic rings. The minimum atomic E-state index is -1.62. The molecular weight excluding hydrogens is 305 g/mol. The summed E-state index contributed by atoms with van der Waals surface area (Å²) in [6, 6.07) is 1.67. The Morgan fingerprint density at radius 3 is 2.48 bits per heavy atom. The van der Waals surface area contributed by atoms with Gasteiger partial charge in [-0.15, -0.1) is 12.4 Å². The van der Waals surface area contributed by atoms with Crippen molar-refractivity contribution in [3.63, 3.8) is 0 Å². The van der Waals surface area contributed by atoms with Gasteiger partial charge < -0.3 is 10.6 Å². The lowest BCUT2D eigenvalue weighted by atomic mass is 9.79. The predicted octanol–water partition coefficient (Wildman–Crippen LogP) is 2.73. The highest BCUT2D eigenvalue weighted by Gasteiger charge is 2.36. The predicted molar refractivity (Wildman–Crippen MR) is 75.8 cm³/mol. The summed E-state index contributed by atoms with van der Waals surface area (Å²) >= 11 is 0. The number of halogens is 4. The molecule has 0 aliphatic carbocycles. The van der Waals surface area contributed by atoms with Crippen molar-refractivity contribution in [2.45, 2.75) is 26.3 Å². The molecule has 1 unspecified atom stereocenters. The molecule has 118 valence electrons. The van der Waals surface area contributed by atoms with Gasteiger partial charge in [-0.1, -0.05) is 13.8 Å². The van der Waals surface area contributed by atoms with Crippen LogP contribution in [0, 0.1) is 22.9 Å². The third-order valence-electron chi connectivity index (χ3n) is 3.86. The molecule has 0 bridgehead atoms. The number of nitrogens with zero attached hydrogens (tertiary/aromatic N) is 1. The van der Waals surface area contributed by atoms with Crippen molar-refractivity contribution in [3.8, 4) is 0 Å². The fourth-order valence-electron chi connectivity index (χ4n) is 2.41. The molecule has 3 nitrogen and oxygen atoms in total. The van der Waals surface area contributed by atoms with Crippen LogP contribution >= 0.6 is 12.4 Å². The Labute approximate surface area is 127 Å². The van der Waals surface area contributed by atoms with Crippen LogP contribution in [0.2, 0.25) is 0 Å². The van der Waals surface area contributed by atoms with E-state index in [0.717, 1.165) is 12.1 Å². The lowest BCUT2D eigenvalue weighted by Gasteiger charge is -2.42. The van der Waals surface area contributed by atoms with Gasteiger partial charge in [0.05, 0.1) is 5.56 Å². The zero-order valence-corrected chi connectivity index (χ0v) is 12.6. The number of nitrogens with two attached hydrogens (primary N) is 1. The second kappa shape index (κ2) is 6.23. The van der Waals surface area contributed by atoms with Crippen molar-refractivity contribution in [2.75, 3.05) is 13.1 Å². The van der Waals surface area contributed by atoms with Crippen molar-refractivity contribution in [1.82, 2.24) is 4.90 Å². The van der Waals surface area contributed by atoms with Gasteiger partial charge in [-0.25, -0.2) is 13.2 Å². The number of hydrogen-bond donors (Lipinski definition) is 1. The maximum Gasteiger partial charge on any atom is 0.256 e. The molecule has 1 saturated heterocycles. The van der Waals surface area contributed by atoms with E-state index in [1.54, 1.807) is 0 Å². The van der Waals surface area contributed by atoms with E-state index in [4.69, 9.17) is 5.73 Å². The molecule has 1 aliphatic heterocycles. The van der Waals surface area contributed by atoms with Crippen molar-refractivity contribution < 1.29 is 18.0 Å². The normalized spacial score (nSPS) is 20.9. The van der Waals surface area contributed by atoms with Crippen LogP contribution in [0.1, 0.15) is 30.6 Å². The third kappa shape index (κ3) is 3.32. The largest absolute Gasteiger partial charge is 0.338 e. The highest BCUT2D eigenvalue weighted by Crippen LogP contribution is 2.29. The quantitative estimate of drug-likeness (QED) is 0.808. The number of benzene rings is 1. The van der Waals surface area contributed by atoms with Gasteiger partial charge in [0, 0.05) is 19.1 Å². The summed E-state index contributed by atoms with van der Waals surface area (Å²) in [5.41, 5.74) is 5.21. The Bertz CT molecular complexity index is 551. The van der Waals surface area contributed by atoms with Crippen molar-refractivity contribution in [3.05, 3.63) is 35.1 Å². The second-order valence-corrected chi connectivity index (χ2v) is 5.83. The van der Waals surface area contributed by atoms with Crippen LogP contribution in [0.25, 0.3) is 0 Å². The summed E-state index contributed by atoms with van der Waals surface area (Å²) in [5.74, 6) is -5.01. The molecule has 1 heterocycles. The first-order valence-corrected chi connectivity index (χ1v) is 6.42. The summed E-state index contributed by atoms with van der Waals surface area (Å²) in [4.78, 5) is 13.7. The molecule has 1 fully saturated rings. The van der Waals surface area contributed by atoms with Crippen molar-refractivity contribution in [2.24, 2.45) is 11.1 Å². The Morgan fingerprint density at radius 1 is 1.29 bits per heavy atom. The zero-order valence-electron chi connectivity index (χ0n) is 11.8. The smallest absolute Gasteiger partial charge is 0.256 e. The summed E-state index contributed by atoms with van der Waals surface area (Å²) in [6.07, 6.45) is 0.587. The van der Waals surface area contributed by atoms with Crippen LogP contribution < -0.4 is 5.73 Å². The van der Waals surface area contributed by atoms with Gasteiger partial charge in [0.15, 0.2) is 17.5 Å². The minimum Gasteiger partial charge on any atom is -0.338 e. The molecular formula is C14H18ClF3N2O. The van der Waals surface area contributed by atoms with Gasteiger partial charge in [0.25, 0.3) is 5.91 Å². The number of carbonyl (C=O) groups is 1. The van der Waals surface area contributed by atoms with Gasteiger partial charge in [0.1, 0.15) is 0 Å². The second-order valence-electron chi connectivity index (χ2n) is 5.83. The first-order valence-electron chi connectivity index (χ1n) is 6.42. The topological polar surface area (TPSA) is 46.3 Å². The van der Waals surface area contributed by atoms with Gasteiger partial charge in [-0.3, -0.25) is 4.79 Å². The summed E-state index contributed by atoms with van der Waals surface area (Å²) in [7, 11) is 0. The van der Waals surface area contributed by atoms with Gasteiger partial charge >= 0.3 is 0 Å². The molecule has 21 heavy (non-hydrogen) atoms. The van der Waals surface area contributed by atoms with Crippen LogP contribution in [-0.4, -0.2) is 29.9 Å². The van der Waals surface area contributed by atoms with Crippen LogP contribution in [0.15, 0.2) is 12.1 Å². The Morgan fingerprint density at radius 2 is 1.90 bits per heavy atom. The molecule has 7 heteroatoms. The highest BCUT2D eigenvalue weighted by atomic mass is 35.5. The standard InChI is InChI=1S/C14H17F3N2O.ClH/c1-14(2)7-19(6-5-10(14)18)13(20)8-3-4-9(15)12(17)11(8)16;/h3-4,10H,5-7,18H2,1-2H3;1H. The van der Waals surface area contributed by atoms with E-state index in [2.05, 4.69) is 0 Å². The molecule has 1 atom stereocenters. The number of piperidine rings is 1. The summed E-state index contributed by atoms with van der Waals surface area (Å²) < 4.78 is 39.7. The van der Waals surface area contributed by atoms with E-state index in [0.29, 0.717) is 19.5 Å². The summed E-state index contributed by atoms with van der Waals surface area (Å²) in [5, 5.41) is 0. The van der Waals surface area contributed by atoms with E-state index in [1.807, 2.05) is 13.8 Å². The van der Waals surface area contributed by atoms with E-state index in [-0.39, 0.29) is 23.9 Å². The number of amides is 1. The van der Waals surface area contributed by atoms with Crippen LogP contribution in [0.5, 0.6) is 0 Å². The van der Waals surface area contributed by atoms with E-state index >= 15 is 0 Å². The average Bonchev–Trinajstić information content (AvgIpc) is 2.38. The lowest BCUT2D eigenvalue weighted by Crippen LogP contribution is -2.54. The molecule has 0 aromatic heterocycles. The molecule has 1 aliphatic rings. The van der Waals surface area contributed by atoms with Gasteiger partial charge in [-0.2, -0.15) is 0 Å². The Kier molecular flexibility index (Phi) is 5.28. The van der Waals surface area contributed by atoms with Crippen LogP contribution in [0.3, 0.4) is 0 Å². The van der Waals surface area contributed by atoms with E-state index < -0.39 is 28.9 Å². The van der Waals surface area contributed by atoms with Gasteiger partial charge in [-0.05, 0) is 24.0 Å². The van der Waals surface area contributed by atoms with E-state index in [1.165, 1.54) is 4.90 Å². The number of hydrogen-bond acceptors (Lipinski definition) is 2. The van der Waals surface area contributed by atoms with Crippen LogP contribution in [0.4, 0.5) is 13.2 Å². The molecule has 2 rings (SSSR count). The first kappa shape index (κ1) is 17.8. The molecule has 1 amide bonds. The highest BCUT2D eigenvalue weighted by molar-refractivity contribution is 5.94. The molecule has 0 saturated carbocycles. The first-order chi connectivity index (χ1) is 9.24. The number of rotatable bonds is 1. The molecule has 2 N–H and O–H groups in total. The number of carbonyl (C=O) groups excluding carboxylic acids is 1. The summed E-state index contributed by atoms with van der Waals surface area (Å²) in [6.45, 7) is 4.56. The average molecular weight is 323 g/mol. The van der Waals surface area contributed by atoms with Crippen molar-refractivity contribution in [1.29, 1.82) is 0 Å². The van der Waals surface area contributed by atoms with E-state index in [9.17, 15) is 18.0 Å². The molecule has 1 aromatic carbocycles. The maximum absolute atomic E-state index is 13.6. The Hall–Kier alpha value is -1.27. The molecule has 0 radical (unpaired) electrons. The fraction of sp³-hybridized carbons (Fsp3) is 0.500. The van der Waals surface area contributed by atoms with Crippen molar-refractivity contribution >= 4 is 18.3 Å². The lowest BCUT2D eigenvalue weighted by molar-refractivity contribution is 0.0527. The van der Waals surface area contributed by atoms with Gasteiger partial charge in [0.2, 0.25) is 0 Å². The molecule has 0 spiro atoms. The number of likely N-dealkylation sites (tertiary alicyclic amines) is 1. The Balaban J connectivity index is 0.00000220. The monoisotopic (exact) mass is 322 g/mol. The minimum absolute atomic E-state index is 0. The SMILES string of the molecule is CC1(C)CN(C(=O)c2ccc(F)c(F)c2F)CCC1N.Cl. The zero-order chi connectivity index (χ0) is 15.1. The fourth-order valence-corrected chi connectivity index (χ4v) is 2.41. The third-order valence-corrected chi connectivity index (χ3v) is 3.86. The maximum atomic E-state index is 13.6. The van der Waals surface area contributed by atoms with Crippen LogP contribution in [-0.2, 0) is 0 Å².